The summed E-state index contributed by atoms with van der Waals surface area (Å²) in [6.07, 6.45) is 3.24. The highest BCUT2D eigenvalue weighted by atomic mass is 79.9. The van der Waals surface area contributed by atoms with Gasteiger partial charge in [-0.2, -0.15) is 0 Å². The minimum absolute atomic E-state index is 0.747. The van der Waals surface area contributed by atoms with Crippen molar-refractivity contribution in [3.8, 4) is 11.5 Å². The summed E-state index contributed by atoms with van der Waals surface area (Å²) in [5, 5.41) is 2.01. The van der Waals surface area contributed by atoms with Crippen LogP contribution in [-0.4, -0.2) is 23.9 Å². The van der Waals surface area contributed by atoms with Crippen LogP contribution in [0.15, 0.2) is 24.3 Å². The van der Waals surface area contributed by atoms with Gasteiger partial charge in [-0.15, -0.1) is 0 Å². The van der Waals surface area contributed by atoms with Crippen LogP contribution < -0.4 is 9.47 Å². The quantitative estimate of drug-likeness (QED) is 0.476. The summed E-state index contributed by atoms with van der Waals surface area (Å²) in [7, 11) is 0. The minimum Gasteiger partial charge on any atom is -0.494 e. The van der Waals surface area contributed by atoms with E-state index in [9.17, 15) is 0 Å². The van der Waals surface area contributed by atoms with E-state index in [0.29, 0.717) is 0 Å². The van der Waals surface area contributed by atoms with E-state index in [1.807, 2.05) is 24.3 Å². The molecule has 0 atom stereocenters. The first kappa shape index (κ1) is 14.8. The molecule has 0 aliphatic heterocycles. The molecular weight excluding hydrogens is 348 g/mol. The molecule has 0 radical (unpaired) electrons. The van der Waals surface area contributed by atoms with Crippen molar-refractivity contribution in [1.29, 1.82) is 0 Å². The summed E-state index contributed by atoms with van der Waals surface area (Å²) in [4.78, 5) is 0. The van der Waals surface area contributed by atoms with Crippen molar-refractivity contribution in [2.75, 3.05) is 23.9 Å². The maximum Gasteiger partial charge on any atom is 0.119 e. The van der Waals surface area contributed by atoms with Crippen LogP contribution in [0, 0.1) is 0 Å². The molecule has 0 aromatic heterocycles. The van der Waals surface area contributed by atoms with Crippen molar-refractivity contribution in [3.05, 3.63) is 24.3 Å². The molecule has 17 heavy (non-hydrogen) atoms. The van der Waals surface area contributed by atoms with E-state index >= 15 is 0 Å². The van der Waals surface area contributed by atoms with Gasteiger partial charge in [0, 0.05) is 10.7 Å². The topological polar surface area (TPSA) is 18.5 Å². The first-order valence-corrected chi connectivity index (χ1v) is 8.08. The molecule has 1 rings (SSSR count). The molecule has 0 fully saturated rings. The zero-order valence-electron chi connectivity index (χ0n) is 9.83. The Balaban J connectivity index is 2.24. The summed E-state index contributed by atoms with van der Waals surface area (Å²) >= 11 is 6.77. The first-order valence-electron chi connectivity index (χ1n) is 5.84. The van der Waals surface area contributed by atoms with E-state index in [2.05, 4.69) is 31.9 Å². The van der Waals surface area contributed by atoms with Crippen molar-refractivity contribution in [2.24, 2.45) is 0 Å². The van der Waals surface area contributed by atoms with Crippen LogP contribution >= 0.6 is 31.9 Å². The van der Waals surface area contributed by atoms with E-state index in [-0.39, 0.29) is 0 Å². The number of hydrogen-bond donors (Lipinski definition) is 0. The SMILES string of the molecule is BrCCCCOc1ccc(OCCCBr)cc1. The molecule has 0 spiro atoms. The Morgan fingerprint density at radius 3 is 1.65 bits per heavy atom. The maximum atomic E-state index is 5.60. The highest BCUT2D eigenvalue weighted by molar-refractivity contribution is 9.09. The molecule has 96 valence electrons. The standard InChI is InChI=1S/C13H18Br2O2/c14-8-1-2-10-16-12-4-6-13(7-5-12)17-11-3-9-15/h4-7H,1-3,8-11H2. The second-order valence-electron chi connectivity index (χ2n) is 3.61. The summed E-state index contributed by atoms with van der Waals surface area (Å²) in [5.41, 5.74) is 0. The van der Waals surface area contributed by atoms with Crippen molar-refractivity contribution in [3.63, 3.8) is 0 Å². The average molecular weight is 366 g/mol. The van der Waals surface area contributed by atoms with Gasteiger partial charge >= 0.3 is 0 Å². The minimum atomic E-state index is 0.747. The Kier molecular flexibility index (Phi) is 8.53. The van der Waals surface area contributed by atoms with Crippen LogP contribution in [0.5, 0.6) is 11.5 Å². The molecule has 0 aliphatic rings. The van der Waals surface area contributed by atoms with Gasteiger partial charge in [-0.25, -0.2) is 0 Å². The molecule has 0 amide bonds. The molecule has 0 saturated carbocycles. The highest BCUT2D eigenvalue weighted by Crippen LogP contribution is 2.18. The van der Waals surface area contributed by atoms with Crippen LogP contribution in [0.25, 0.3) is 0 Å². The fraction of sp³-hybridized carbons (Fsp3) is 0.538. The number of benzene rings is 1. The van der Waals surface area contributed by atoms with Crippen molar-refractivity contribution < 1.29 is 9.47 Å². The monoisotopic (exact) mass is 364 g/mol. The van der Waals surface area contributed by atoms with Gasteiger partial charge < -0.3 is 9.47 Å². The number of halogens is 2. The van der Waals surface area contributed by atoms with E-state index in [4.69, 9.17) is 9.47 Å². The smallest absolute Gasteiger partial charge is 0.119 e. The van der Waals surface area contributed by atoms with E-state index in [0.717, 1.165) is 54.6 Å². The van der Waals surface area contributed by atoms with Gasteiger partial charge in [0.05, 0.1) is 13.2 Å². The third-order valence-electron chi connectivity index (χ3n) is 2.17. The Hall–Kier alpha value is -0.220. The van der Waals surface area contributed by atoms with Crippen LogP contribution in [0.2, 0.25) is 0 Å². The molecule has 0 bridgehead atoms. The lowest BCUT2D eigenvalue weighted by Crippen LogP contribution is -1.99. The first-order chi connectivity index (χ1) is 8.36. The van der Waals surface area contributed by atoms with Gasteiger partial charge in [0.25, 0.3) is 0 Å². The highest BCUT2D eigenvalue weighted by Gasteiger charge is 1.96. The molecule has 0 aliphatic carbocycles. The Labute approximate surface area is 120 Å². The second kappa shape index (κ2) is 9.77. The van der Waals surface area contributed by atoms with Gasteiger partial charge in [0.15, 0.2) is 0 Å². The predicted molar refractivity (Wildman–Crippen MR) is 78.9 cm³/mol. The lowest BCUT2D eigenvalue weighted by molar-refractivity contribution is 0.305. The van der Waals surface area contributed by atoms with Gasteiger partial charge in [0.2, 0.25) is 0 Å². The average Bonchev–Trinajstić information content (AvgIpc) is 2.37. The third kappa shape index (κ3) is 6.94. The van der Waals surface area contributed by atoms with Crippen molar-refractivity contribution in [1.82, 2.24) is 0 Å². The fourth-order valence-electron chi connectivity index (χ4n) is 1.26. The molecule has 0 N–H and O–H groups in total. The Morgan fingerprint density at radius 2 is 1.18 bits per heavy atom. The normalized spacial score (nSPS) is 10.2. The number of ether oxygens (including phenoxy) is 2. The van der Waals surface area contributed by atoms with Crippen LogP contribution in [0.3, 0.4) is 0 Å². The van der Waals surface area contributed by atoms with Crippen LogP contribution in [0.4, 0.5) is 0 Å². The molecule has 1 aromatic carbocycles. The van der Waals surface area contributed by atoms with E-state index in [1.165, 1.54) is 0 Å². The lowest BCUT2D eigenvalue weighted by atomic mass is 10.3. The molecule has 2 nitrogen and oxygen atoms in total. The van der Waals surface area contributed by atoms with Gasteiger partial charge in [-0.1, -0.05) is 31.9 Å². The van der Waals surface area contributed by atoms with E-state index in [1.54, 1.807) is 0 Å². The number of hydrogen-bond acceptors (Lipinski definition) is 2. The van der Waals surface area contributed by atoms with Crippen molar-refractivity contribution in [2.45, 2.75) is 19.3 Å². The largest absolute Gasteiger partial charge is 0.494 e. The molecule has 0 heterocycles. The molecular formula is C13H18Br2O2. The van der Waals surface area contributed by atoms with E-state index < -0.39 is 0 Å². The van der Waals surface area contributed by atoms with Gasteiger partial charge in [-0.3, -0.25) is 0 Å². The lowest BCUT2D eigenvalue weighted by Gasteiger charge is -2.08. The summed E-state index contributed by atoms with van der Waals surface area (Å²) in [6.45, 7) is 1.52. The summed E-state index contributed by atoms with van der Waals surface area (Å²) < 4.78 is 11.2. The fourth-order valence-corrected chi connectivity index (χ4v) is 1.89. The number of unbranched alkanes of at least 4 members (excludes halogenated alkanes) is 1. The molecule has 4 heteroatoms. The second-order valence-corrected chi connectivity index (χ2v) is 5.19. The molecule has 0 saturated heterocycles. The number of alkyl halides is 2. The van der Waals surface area contributed by atoms with Crippen LogP contribution in [0.1, 0.15) is 19.3 Å². The summed E-state index contributed by atoms with van der Waals surface area (Å²) in [6, 6.07) is 7.82. The van der Waals surface area contributed by atoms with Crippen LogP contribution in [-0.2, 0) is 0 Å². The Bertz CT molecular complexity index is 288. The summed E-state index contributed by atoms with van der Waals surface area (Å²) in [5.74, 6) is 1.81. The Morgan fingerprint density at radius 1 is 0.706 bits per heavy atom. The predicted octanol–water partition coefficient (Wildman–Crippen LogP) is 4.40. The maximum absolute atomic E-state index is 5.60. The molecule has 1 aromatic rings. The molecule has 0 unspecified atom stereocenters. The van der Waals surface area contributed by atoms with Gasteiger partial charge in [0.1, 0.15) is 11.5 Å². The number of rotatable bonds is 9. The zero-order valence-corrected chi connectivity index (χ0v) is 13.0. The van der Waals surface area contributed by atoms with Crippen molar-refractivity contribution >= 4 is 31.9 Å². The third-order valence-corrected chi connectivity index (χ3v) is 3.29. The zero-order chi connectivity index (χ0) is 12.3. The van der Waals surface area contributed by atoms with Gasteiger partial charge in [-0.05, 0) is 43.5 Å².